The van der Waals surface area contributed by atoms with E-state index >= 15 is 0 Å². The summed E-state index contributed by atoms with van der Waals surface area (Å²) < 4.78 is 23.1. The van der Waals surface area contributed by atoms with Gasteiger partial charge in [0.2, 0.25) is 0 Å². The maximum absolute atomic E-state index is 11.6. The Morgan fingerprint density at radius 1 is 1.14 bits per heavy atom. The lowest BCUT2D eigenvalue weighted by atomic mass is 9.81. The average molecular weight is 309 g/mol. The van der Waals surface area contributed by atoms with E-state index in [4.69, 9.17) is 0 Å². The van der Waals surface area contributed by atoms with Gasteiger partial charge in [0.25, 0.3) is 0 Å². The minimum atomic E-state index is -3.11. The van der Waals surface area contributed by atoms with Gasteiger partial charge in [-0.15, -0.1) is 0 Å². The summed E-state index contributed by atoms with van der Waals surface area (Å²) in [5.41, 5.74) is 1.22. The maximum atomic E-state index is 11.6. The lowest BCUT2D eigenvalue weighted by molar-refractivity contribution is 0.272. The second kappa shape index (κ2) is 7.41. The van der Waals surface area contributed by atoms with Crippen LogP contribution in [0, 0.1) is 5.92 Å². The molecule has 4 heteroatoms. The lowest BCUT2D eigenvalue weighted by Crippen LogP contribution is -2.30. The molecule has 1 aliphatic carbocycles. The van der Waals surface area contributed by atoms with Crippen LogP contribution in [0.1, 0.15) is 57.1 Å². The fourth-order valence-corrected chi connectivity index (χ4v) is 3.88. The summed E-state index contributed by atoms with van der Waals surface area (Å²) in [5, 5.41) is 3.66. The molecule has 1 unspecified atom stereocenters. The quantitative estimate of drug-likeness (QED) is 0.871. The summed E-state index contributed by atoms with van der Waals surface area (Å²) in [6.07, 6.45) is 8.90. The summed E-state index contributed by atoms with van der Waals surface area (Å²) in [4.78, 5) is 0.407. The Labute approximate surface area is 129 Å². The molecule has 1 saturated carbocycles. The van der Waals surface area contributed by atoms with Crippen molar-refractivity contribution in [3.8, 4) is 0 Å². The molecule has 1 aliphatic rings. The first-order chi connectivity index (χ1) is 10.0. The van der Waals surface area contributed by atoms with Crippen molar-refractivity contribution < 1.29 is 8.42 Å². The fourth-order valence-electron chi connectivity index (χ4n) is 3.25. The van der Waals surface area contributed by atoms with Crippen LogP contribution in [0.3, 0.4) is 0 Å². The minimum Gasteiger partial charge on any atom is -0.310 e. The van der Waals surface area contributed by atoms with Crippen molar-refractivity contribution in [2.75, 3.05) is 12.8 Å². The number of sulfone groups is 1. The van der Waals surface area contributed by atoms with E-state index in [2.05, 4.69) is 12.2 Å². The van der Waals surface area contributed by atoms with Gasteiger partial charge in [0.05, 0.1) is 4.90 Å². The normalized spacial score (nSPS) is 18.6. The van der Waals surface area contributed by atoms with Crippen LogP contribution in [-0.2, 0) is 9.84 Å². The Morgan fingerprint density at radius 3 is 2.29 bits per heavy atom. The molecule has 0 aromatic heterocycles. The molecule has 1 atom stereocenters. The van der Waals surface area contributed by atoms with Gasteiger partial charge in [0, 0.05) is 12.3 Å². The molecule has 0 bridgehead atoms. The average Bonchev–Trinajstić information content (AvgIpc) is 2.48. The van der Waals surface area contributed by atoms with Crippen LogP contribution < -0.4 is 5.32 Å². The highest BCUT2D eigenvalue weighted by molar-refractivity contribution is 7.90. The highest BCUT2D eigenvalue weighted by Crippen LogP contribution is 2.34. The molecule has 0 saturated heterocycles. The van der Waals surface area contributed by atoms with Crippen molar-refractivity contribution in [2.24, 2.45) is 5.92 Å². The smallest absolute Gasteiger partial charge is 0.175 e. The van der Waals surface area contributed by atoms with Crippen LogP contribution in [-0.4, -0.2) is 21.2 Å². The highest BCUT2D eigenvalue weighted by Gasteiger charge is 2.24. The van der Waals surface area contributed by atoms with Gasteiger partial charge in [-0.25, -0.2) is 8.42 Å². The monoisotopic (exact) mass is 309 g/mol. The van der Waals surface area contributed by atoms with Gasteiger partial charge in [-0.3, -0.25) is 0 Å². The van der Waals surface area contributed by atoms with Gasteiger partial charge in [0.1, 0.15) is 0 Å². The molecule has 1 N–H and O–H groups in total. The summed E-state index contributed by atoms with van der Waals surface area (Å²) in [6.45, 7) is 3.19. The zero-order valence-electron chi connectivity index (χ0n) is 13.1. The SMILES string of the molecule is CCCNC(c1ccc(S(C)(=O)=O)cc1)C1CCCCC1. The molecular weight excluding hydrogens is 282 g/mol. The van der Waals surface area contributed by atoms with Gasteiger partial charge in [0.15, 0.2) is 9.84 Å². The number of benzene rings is 1. The molecule has 0 heterocycles. The van der Waals surface area contributed by atoms with E-state index < -0.39 is 9.84 Å². The van der Waals surface area contributed by atoms with Crippen molar-refractivity contribution in [3.63, 3.8) is 0 Å². The summed E-state index contributed by atoms with van der Waals surface area (Å²) >= 11 is 0. The Kier molecular flexibility index (Phi) is 5.82. The predicted molar refractivity (Wildman–Crippen MR) is 87.2 cm³/mol. The molecule has 0 amide bonds. The third kappa shape index (κ3) is 4.55. The van der Waals surface area contributed by atoms with E-state index in [9.17, 15) is 8.42 Å². The van der Waals surface area contributed by atoms with Crippen LogP contribution >= 0.6 is 0 Å². The van der Waals surface area contributed by atoms with Gasteiger partial charge < -0.3 is 5.32 Å². The summed E-state index contributed by atoms with van der Waals surface area (Å²) in [6, 6.07) is 7.82. The van der Waals surface area contributed by atoms with E-state index in [1.807, 2.05) is 12.1 Å². The molecule has 0 spiro atoms. The molecule has 3 nitrogen and oxygen atoms in total. The van der Waals surface area contributed by atoms with Crippen molar-refractivity contribution >= 4 is 9.84 Å². The lowest BCUT2D eigenvalue weighted by Gasteiger charge is -2.31. The first-order valence-electron chi connectivity index (χ1n) is 8.05. The highest BCUT2D eigenvalue weighted by atomic mass is 32.2. The summed E-state index contributed by atoms with van der Waals surface area (Å²) in [7, 11) is -3.11. The largest absolute Gasteiger partial charge is 0.310 e. The van der Waals surface area contributed by atoms with E-state index in [-0.39, 0.29) is 0 Å². The molecule has 0 aliphatic heterocycles. The van der Waals surface area contributed by atoms with E-state index in [0.29, 0.717) is 16.9 Å². The molecule has 1 aromatic rings. The van der Waals surface area contributed by atoms with E-state index in [1.165, 1.54) is 43.9 Å². The zero-order valence-corrected chi connectivity index (χ0v) is 14.0. The topological polar surface area (TPSA) is 46.2 Å². The van der Waals surface area contributed by atoms with E-state index in [0.717, 1.165) is 13.0 Å². The maximum Gasteiger partial charge on any atom is 0.175 e. The Morgan fingerprint density at radius 2 is 1.76 bits per heavy atom. The van der Waals surface area contributed by atoms with Crippen LogP contribution in [0.25, 0.3) is 0 Å². The van der Waals surface area contributed by atoms with Crippen molar-refractivity contribution in [3.05, 3.63) is 29.8 Å². The molecular formula is C17H27NO2S. The molecule has 1 aromatic carbocycles. The van der Waals surface area contributed by atoms with Gasteiger partial charge >= 0.3 is 0 Å². The van der Waals surface area contributed by atoms with Crippen LogP contribution in [0.4, 0.5) is 0 Å². The van der Waals surface area contributed by atoms with Crippen molar-refractivity contribution in [2.45, 2.75) is 56.4 Å². The van der Waals surface area contributed by atoms with Crippen molar-refractivity contribution in [1.29, 1.82) is 0 Å². The van der Waals surface area contributed by atoms with E-state index in [1.54, 1.807) is 12.1 Å². The third-order valence-electron chi connectivity index (χ3n) is 4.40. The standard InChI is InChI=1S/C17H27NO2S/c1-3-13-18-17(14-7-5-4-6-8-14)15-9-11-16(12-10-15)21(2,19)20/h9-12,14,17-18H,3-8,13H2,1-2H3. The Hall–Kier alpha value is -0.870. The Bertz CT molecular complexity index is 530. The third-order valence-corrected chi connectivity index (χ3v) is 5.53. The van der Waals surface area contributed by atoms with Gasteiger partial charge in [-0.1, -0.05) is 38.3 Å². The minimum absolute atomic E-state index is 0.360. The first kappa shape index (κ1) is 16.5. The molecule has 21 heavy (non-hydrogen) atoms. The van der Waals surface area contributed by atoms with Gasteiger partial charge in [-0.2, -0.15) is 0 Å². The molecule has 0 radical (unpaired) electrons. The van der Waals surface area contributed by atoms with Crippen molar-refractivity contribution in [1.82, 2.24) is 5.32 Å². The van der Waals surface area contributed by atoms with Crippen LogP contribution in [0.5, 0.6) is 0 Å². The Balaban J connectivity index is 2.19. The summed E-state index contributed by atoms with van der Waals surface area (Å²) in [5.74, 6) is 0.675. The number of hydrogen-bond acceptors (Lipinski definition) is 3. The zero-order chi connectivity index (χ0) is 15.3. The number of nitrogens with one attached hydrogen (secondary N) is 1. The predicted octanol–water partition coefficient (Wildman–Crippen LogP) is 3.71. The molecule has 1 fully saturated rings. The number of rotatable bonds is 6. The second-order valence-electron chi connectivity index (χ2n) is 6.17. The van der Waals surface area contributed by atoms with Gasteiger partial charge in [-0.05, 0) is 49.4 Å². The molecule has 118 valence electrons. The second-order valence-corrected chi connectivity index (χ2v) is 8.19. The first-order valence-corrected chi connectivity index (χ1v) is 9.95. The van der Waals surface area contributed by atoms with Crippen LogP contribution in [0.2, 0.25) is 0 Å². The number of hydrogen-bond donors (Lipinski definition) is 1. The molecule has 2 rings (SSSR count). The fraction of sp³-hybridized carbons (Fsp3) is 0.647. The van der Waals surface area contributed by atoms with Crippen LogP contribution in [0.15, 0.2) is 29.2 Å².